The van der Waals surface area contributed by atoms with Crippen molar-refractivity contribution in [3.05, 3.63) is 102 Å². The van der Waals surface area contributed by atoms with E-state index in [4.69, 9.17) is 9.84 Å². The highest BCUT2D eigenvalue weighted by molar-refractivity contribution is 7.91. The maximum atomic E-state index is 13.8. The number of hydrogen-bond acceptors (Lipinski definition) is 6. The molecule has 1 saturated heterocycles. The summed E-state index contributed by atoms with van der Waals surface area (Å²) in [5.41, 5.74) is 4.49. The molecule has 1 aromatic heterocycles. The van der Waals surface area contributed by atoms with Gasteiger partial charge in [0, 0.05) is 29.8 Å². The maximum Gasteiger partial charge on any atom is 0.255 e. The van der Waals surface area contributed by atoms with Gasteiger partial charge in [-0.05, 0) is 30.3 Å². The third-order valence-electron chi connectivity index (χ3n) is 6.85. The van der Waals surface area contributed by atoms with E-state index in [1.165, 1.54) is 0 Å². The molecule has 0 saturated carbocycles. The molecule has 9 heteroatoms. The van der Waals surface area contributed by atoms with Crippen LogP contribution in [0.25, 0.3) is 22.6 Å². The molecule has 3 heterocycles. The minimum absolute atomic E-state index is 0.0948. The SMILES string of the molecule is C=C(c1nn(-c2ccccc2)c2c1CS(=O)(=O)c1c(NC(=O)c3ccccc3)cccc1-2)N1CCOCC1. The van der Waals surface area contributed by atoms with Crippen molar-refractivity contribution >= 4 is 27.1 Å². The lowest BCUT2D eigenvalue weighted by Gasteiger charge is -2.30. The topological polar surface area (TPSA) is 93.5 Å². The molecule has 8 nitrogen and oxygen atoms in total. The first-order valence-electron chi connectivity index (χ1n) is 12.4. The molecule has 192 valence electrons. The fraction of sp³-hybridized carbons (Fsp3) is 0.172. The van der Waals surface area contributed by atoms with Gasteiger partial charge in [-0.3, -0.25) is 4.79 Å². The number of benzene rings is 3. The summed E-state index contributed by atoms with van der Waals surface area (Å²) in [7, 11) is -3.82. The molecule has 0 bridgehead atoms. The average molecular weight is 527 g/mol. The lowest BCUT2D eigenvalue weighted by atomic mass is 10.0. The van der Waals surface area contributed by atoms with Crippen LogP contribution in [0, 0.1) is 0 Å². The highest BCUT2D eigenvalue weighted by atomic mass is 32.2. The minimum Gasteiger partial charge on any atom is -0.378 e. The summed E-state index contributed by atoms with van der Waals surface area (Å²) < 4.78 is 34.9. The Morgan fingerprint density at radius 3 is 2.32 bits per heavy atom. The van der Waals surface area contributed by atoms with Gasteiger partial charge in [-0.25, -0.2) is 13.1 Å². The number of amides is 1. The second kappa shape index (κ2) is 9.59. The third-order valence-corrected chi connectivity index (χ3v) is 8.58. The van der Waals surface area contributed by atoms with Crippen LogP contribution in [0.2, 0.25) is 0 Å². The second-order valence-corrected chi connectivity index (χ2v) is 11.2. The highest BCUT2D eigenvalue weighted by Gasteiger charge is 2.37. The monoisotopic (exact) mass is 526 g/mol. The van der Waals surface area contributed by atoms with Crippen LogP contribution in [0.15, 0.2) is 90.3 Å². The van der Waals surface area contributed by atoms with Crippen LogP contribution in [0.5, 0.6) is 0 Å². The summed E-state index contributed by atoms with van der Waals surface area (Å²) in [6.07, 6.45) is 0. The van der Waals surface area contributed by atoms with Crippen LogP contribution in [-0.2, 0) is 20.3 Å². The van der Waals surface area contributed by atoms with E-state index in [2.05, 4.69) is 16.8 Å². The molecule has 6 rings (SSSR count). The van der Waals surface area contributed by atoms with Gasteiger partial charge in [0.25, 0.3) is 5.91 Å². The van der Waals surface area contributed by atoms with Crippen molar-refractivity contribution in [1.29, 1.82) is 0 Å². The Bertz CT molecular complexity index is 1640. The predicted octanol–water partition coefficient (Wildman–Crippen LogP) is 4.38. The zero-order chi connectivity index (χ0) is 26.3. The summed E-state index contributed by atoms with van der Waals surface area (Å²) in [4.78, 5) is 15.1. The first-order chi connectivity index (χ1) is 18.4. The van der Waals surface area contributed by atoms with Crippen LogP contribution >= 0.6 is 0 Å². The number of sulfone groups is 1. The van der Waals surface area contributed by atoms with E-state index >= 15 is 0 Å². The number of anilines is 1. The molecule has 0 radical (unpaired) electrons. The normalized spacial score (nSPS) is 15.8. The van der Waals surface area contributed by atoms with Gasteiger partial charge < -0.3 is 15.0 Å². The number of fused-ring (bicyclic) bond motifs is 3. The summed E-state index contributed by atoms with van der Waals surface area (Å²) in [5.74, 6) is -0.628. The maximum absolute atomic E-state index is 13.8. The lowest BCUT2D eigenvalue weighted by Crippen LogP contribution is -2.35. The largest absolute Gasteiger partial charge is 0.378 e. The van der Waals surface area contributed by atoms with Crippen molar-refractivity contribution in [2.45, 2.75) is 10.6 Å². The number of aromatic nitrogens is 2. The molecule has 0 atom stereocenters. The van der Waals surface area contributed by atoms with Crippen molar-refractivity contribution < 1.29 is 17.9 Å². The number of hydrogen-bond donors (Lipinski definition) is 1. The molecule has 38 heavy (non-hydrogen) atoms. The third kappa shape index (κ3) is 4.19. The number of nitrogens with one attached hydrogen (secondary N) is 1. The predicted molar refractivity (Wildman–Crippen MR) is 146 cm³/mol. The van der Waals surface area contributed by atoms with Gasteiger partial charge in [-0.15, -0.1) is 0 Å². The van der Waals surface area contributed by atoms with Crippen molar-refractivity contribution in [1.82, 2.24) is 14.7 Å². The molecule has 4 aromatic rings. The smallest absolute Gasteiger partial charge is 0.255 e. The second-order valence-electron chi connectivity index (χ2n) is 9.23. The summed E-state index contributed by atoms with van der Waals surface area (Å²) in [5, 5.41) is 7.75. The molecule has 1 N–H and O–H groups in total. The standard InChI is InChI=1S/C29H26N4O4S/c1-20(32-15-17-37-18-16-32)26-24-19-38(35,36)28-23(27(24)33(31-26)22-11-6-3-7-12-22)13-8-14-25(28)30-29(34)21-9-4-2-5-10-21/h2-14H,1,15-19H2,(H,30,34). The first-order valence-corrected chi connectivity index (χ1v) is 14.0. The lowest BCUT2D eigenvalue weighted by molar-refractivity contribution is 0.0639. The first kappa shape index (κ1) is 24.1. The van der Waals surface area contributed by atoms with Gasteiger partial charge >= 0.3 is 0 Å². The zero-order valence-electron chi connectivity index (χ0n) is 20.6. The number of carbonyl (C=O) groups excluding carboxylic acids is 1. The summed E-state index contributed by atoms with van der Waals surface area (Å²) in [6, 6.07) is 23.5. The summed E-state index contributed by atoms with van der Waals surface area (Å²) in [6.45, 7) is 6.77. The summed E-state index contributed by atoms with van der Waals surface area (Å²) >= 11 is 0. The molecule has 0 unspecified atom stereocenters. The van der Waals surface area contributed by atoms with Gasteiger partial charge in [0.15, 0.2) is 9.84 Å². The van der Waals surface area contributed by atoms with E-state index in [9.17, 15) is 13.2 Å². The Balaban J connectivity index is 1.53. The van der Waals surface area contributed by atoms with E-state index in [1.54, 1.807) is 47.1 Å². The molecule has 0 aliphatic carbocycles. The Kier molecular flexibility index (Phi) is 6.09. The molecule has 1 amide bonds. The number of ether oxygens (including phenoxy) is 1. The molecule has 2 aliphatic rings. The molecule has 3 aromatic carbocycles. The Morgan fingerprint density at radius 1 is 0.921 bits per heavy atom. The molecule has 0 spiro atoms. The van der Waals surface area contributed by atoms with Crippen molar-refractivity contribution in [2.24, 2.45) is 0 Å². The number of rotatable bonds is 5. The Hall–Kier alpha value is -4.21. The zero-order valence-corrected chi connectivity index (χ0v) is 21.4. The molecular formula is C29H26N4O4S. The van der Waals surface area contributed by atoms with Gasteiger partial charge in [-0.2, -0.15) is 5.10 Å². The molecule has 2 aliphatic heterocycles. The van der Waals surface area contributed by atoms with Crippen LogP contribution in [0.1, 0.15) is 21.6 Å². The highest BCUT2D eigenvalue weighted by Crippen LogP contribution is 2.45. The number of nitrogens with zero attached hydrogens (tertiary/aromatic N) is 3. The van der Waals surface area contributed by atoms with E-state index in [0.717, 1.165) is 5.69 Å². The molecule has 1 fully saturated rings. The van der Waals surface area contributed by atoms with Gasteiger partial charge in [0.1, 0.15) is 10.6 Å². The van der Waals surface area contributed by atoms with E-state index in [-0.39, 0.29) is 22.2 Å². The van der Waals surface area contributed by atoms with Gasteiger partial charge in [0.05, 0.1) is 41.7 Å². The van der Waals surface area contributed by atoms with Crippen LogP contribution < -0.4 is 5.32 Å². The number of carbonyl (C=O) groups is 1. The van der Waals surface area contributed by atoms with E-state index < -0.39 is 9.84 Å². The Morgan fingerprint density at radius 2 is 1.61 bits per heavy atom. The number of para-hydroxylation sites is 1. The fourth-order valence-electron chi connectivity index (χ4n) is 5.04. The average Bonchev–Trinajstić information content (AvgIpc) is 3.32. The quantitative estimate of drug-likeness (QED) is 0.415. The van der Waals surface area contributed by atoms with Crippen LogP contribution in [-0.4, -0.2) is 55.3 Å². The van der Waals surface area contributed by atoms with Crippen LogP contribution in [0.3, 0.4) is 0 Å². The van der Waals surface area contributed by atoms with Gasteiger partial charge in [-0.1, -0.05) is 55.1 Å². The van der Waals surface area contributed by atoms with E-state index in [0.29, 0.717) is 60.1 Å². The van der Waals surface area contributed by atoms with E-state index in [1.807, 2.05) is 36.4 Å². The van der Waals surface area contributed by atoms with Crippen molar-refractivity contribution in [3.8, 4) is 16.9 Å². The van der Waals surface area contributed by atoms with Crippen molar-refractivity contribution in [2.75, 3.05) is 31.6 Å². The fourth-order valence-corrected chi connectivity index (χ4v) is 6.79. The Labute approximate surface area is 221 Å². The van der Waals surface area contributed by atoms with Crippen LogP contribution in [0.4, 0.5) is 5.69 Å². The van der Waals surface area contributed by atoms with Crippen molar-refractivity contribution in [3.63, 3.8) is 0 Å². The minimum atomic E-state index is -3.82. The number of morpholine rings is 1. The van der Waals surface area contributed by atoms with Gasteiger partial charge in [0.2, 0.25) is 0 Å². The molecular weight excluding hydrogens is 500 g/mol.